The maximum Gasteiger partial charge on any atom is 0.117 e. The molecule has 0 spiro atoms. The van der Waals surface area contributed by atoms with Gasteiger partial charge in [-0.1, -0.05) is 6.92 Å². The number of hydrogen-bond acceptors (Lipinski definition) is 3. The van der Waals surface area contributed by atoms with Gasteiger partial charge in [0, 0.05) is 6.54 Å². The highest BCUT2D eigenvalue weighted by molar-refractivity contribution is 5.05. The van der Waals surface area contributed by atoms with Gasteiger partial charge in [0.2, 0.25) is 0 Å². The minimum absolute atomic E-state index is 0.451. The number of rotatable bonds is 4. The van der Waals surface area contributed by atoms with Crippen molar-refractivity contribution in [3.05, 3.63) is 23.7 Å². The van der Waals surface area contributed by atoms with Crippen LogP contribution in [-0.4, -0.2) is 19.6 Å². The number of piperidine rings is 1. The second-order valence-electron chi connectivity index (χ2n) is 5.18. The third kappa shape index (κ3) is 3.09. The lowest BCUT2D eigenvalue weighted by Gasteiger charge is -2.34. The molecule has 2 heterocycles. The molecule has 0 unspecified atom stereocenters. The van der Waals surface area contributed by atoms with E-state index in [1.807, 2.05) is 19.1 Å². The minimum atomic E-state index is 0.451. The summed E-state index contributed by atoms with van der Waals surface area (Å²) < 4.78 is 5.53. The van der Waals surface area contributed by atoms with Crippen LogP contribution in [0.2, 0.25) is 0 Å². The van der Waals surface area contributed by atoms with Gasteiger partial charge in [-0.15, -0.1) is 0 Å². The maximum atomic E-state index is 5.53. The average Bonchev–Trinajstić information content (AvgIpc) is 2.65. The SMILES string of the molecule is Cc1ccc(CNCC2(C)CCNCC2)o1. The first-order valence-electron chi connectivity index (χ1n) is 6.15. The molecule has 2 N–H and O–H groups in total. The monoisotopic (exact) mass is 222 g/mol. The third-order valence-corrected chi connectivity index (χ3v) is 3.46. The van der Waals surface area contributed by atoms with Gasteiger partial charge in [0.15, 0.2) is 0 Å². The van der Waals surface area contributed by atoms with Gasteiger partial charge in [-0.05, 0) is 50.4 Å². The first-order valence-corrected chi connectivity index (χ1v) is 6.15. The number of aryl methyl sites for hydroxylation is 1. The quantitative estimate of drug-likeness (QED) is 0.819. The van der Waals surface area contributed by atoms with Gasteiger partial charge in [0.1, 0.15) is 11.5 Å². The van der Waals surface area contributed by atoms with E-state index in [2.05, 4.69) is 17.6 Å². The van der Waals surface area contributed by atoms with Gasteiger partial charge >= 0.3 is 0 Å². The smallest absolute Gasteiger partial charge is 0.117 e. The van der Waals surface area contributed by atoms with E-state index in [-0.39, 0.29) is 0 Å². The predicted octanol–water partition coefficient (Wildman–Crippen LogP) is 2.07. The molecule has 1 aliphatic rings. The number of hydrogen-bond donors (Lipinski definition) is 2. The number of nitrogens with one attached hydrogen (secondary N) is 2. The second kappa shape index (κ2) is 5.02. The summed E-state index contributed by atoms with van der Waals surface area (Å²) in [5, 5.41) is 6.91. The Bertz CT molecular complexity index is 326. The molecule has 0 aromatic carbocycles. The summed E-state index contributed by atoms with van der Waals surface area (Å²) in [5.74, 6) is 2.03. The van der Waals surface area contributed by atoms with Gasteiger partial charge in [0.05, 0.1) is 6.54 Å². The predicted molar refractivity (Wildman–Crippen MR) is 65.4 cm³/mol. The summed E-state index contributed by atoms with van der Waals surface area (Å²) in [6.45, 7) is 8.58. The Morgan fingerprint density at radius 1 is 1.38 bits per heavy atom. The van der Waals surface area contributed by atoms with Crippen molar-refractivity contribution in [2.24, 2.45) is 5.41 Å². The van der Waals surface area contributed by atoms with Crippen LogP contribution in [0, 0.1) is 12.3 Å². The molecular formula is C13H22N2O. The third-order valence-electron chi connectivity index (χ3n) is 3.46. The first kappa shape index (κ1) is 11.7. The van der Waals surface area contributed by atoms with Crippen molar-refractivity contribution < 1.29 is 4.42 Å². The molecule has 1 aromatic heterocycles. The Balaban J connectivity index is 1.74. The van der Waals surface area contributed by atoms with E-state index in [1.165, 1.54) is 12.8 Å². The summed E-state index contributed by atoms with van der Waals surface area (Å²) in [7, 11) is 0. The standard InChI is InChI=1S/C13H22N2O/c1-11-3-4-12(16-11)9-15-10-13(2)5-7-14-8-6-13/h3-4,14-15H,5-10H2,1-2H3. The molecule has 1 fully saturated rings. The van der Waals surface area contributed by atoms with Crippen molar-refractivity contribution in [3.63, 3.8) is 0 Å². The highest BCUT2D eigenvalue weighted by atomic mass is 16.3. The first-order chi connectivity index (χ1) is 7.68. The summed E-state index contributed by atoms with van der Waals surface area (Å²) in [5.41, 5.74) is 0.451. The van der Waals surface area contributed by atoms with Gasteiger partial charge in [0.25, 0.3) is 0 Å². The van der Waals surface area contributed by atoms with Crippen LogP contribution in [0.3, 0.4) is 0 Å². The lowest BCUT2D eigenvalue weighted by molar-refractivity contribution is 0.218. The van der Waals surface area contributed by atoms with Crippen LogP contribution in [-0.2, 0) is 6.54 Å². The highest BCUT2D eigenvalue weighted by Crippen LogP contribution is 2.26. The summed E-state index contributed by atoms with van der Waals surface area (Å²) >= 11 is 0. The molecule has 3 heteroatoms. The number of furan rings is 1. The normalized spacial score (nSPS) is 19.9. The largest absolute Gasteiger partial charge is 0.465 e. The van der Waals surface area contributed by atoms with Crippen LogP contribution >= 0.6 is 0 Å². The Kier molecular flexibility index (Phi) is 3.66. The van der Waals surface area contributed by atoms with Crippen LogP contribution in [0.1, 0.15) is 31.3 Å². The van der Waals surface area contributed by atoms with Crippen LogP contribution in [0.4, 0.5) is 0 Å². The average molecular weight is 222 g/mol. The lowest BCUT2D eigenvalue weighted by atomic mass is 9.81. The van der Waals surface area contributed by atoms with E-state index in [9.17, 15) is 0 Å². The molecule has 3 nitrogen and oxygen atoms in total. The molecule has 2 rings (SSSR count). The van der Waals surface area contributed by atoms with E-state index in [4.69, 9.17) is 4.42 Å². The zero-order chi connectivity index (χ0) is 11.4. The molecule has 1 saturated heterocycles. The Morgan fingerprint density at radius 2 is 2.12 bits per heavy atom. The molecular weight excluding hydrogens is 200 g/mol. The summed E-state index contributed by atoms with van der Waals surface area (Å²) in [6, 6.07) is 4.07. The van der Waals surface area contributed by atoms with E-state index in [0.29, 0.717) is 5.41 Å². The molecule has 0 atom stereocenters. The topological polar surface area (TPSA) is 37.2 Å². The Hall–Kier alpha value is -0.800. The van der Waals surface area contributed by atoms with Crippen molar-refractivity contribution in [2.75, 3.05) is 19.6 Å². The Morgan fingerprint density at radius 3 is 2.75 bits per heavy atom. The van der Waals surface area contributed by atoms with E-state index in [1.54, 1.807) is 0 Å². The van der Waals surface area contributed by atoms with Crippen LogP contribution in [0.25, 0.3) is 0 Å². The second-order valence-corrected chi connectivity index (χ2v) is 5.18. The van der Waals surface area contributed by atoms with Crippen LogP contribution in [0.5, 0.6) is 0 Å². The molecule has 16 heavy (non-hydrogen) atoms. The highest BCUT2D eigenvalue weighted by Gasteiger charge is 2.25. The fourth-order valence-electron chi connectivity index (χ4n) is 2.27. The lowest BCUT2D eigenvalue weighted by Crippen LogP contribution is -2.41. The van der Waals surface area contributed by atoms with Crippen molar-refractivity contribution in [2.45, 2.75) is 33.2 Å². The molecule has 0 amide bonds. The van der Waals surface area contributed by atoms with Crippen molar-refractivity contribution in [1.29, 1.82) is 0 Å². The van der Waals surface area contributed by atoms with E-state index in [0.717, 1.165) is 37.7 Å². The van der Waals surface area contributed by atoms with Gasteiger partial charge < -0.3 is 15.1 Å². The van der Waals surface area contributed by atoms with Gasteiger partial charge in [-0.2, -0.15) is 0 Å². The zero-order valence-corrected chi connectivity index (χ0v) is 10.3. The molecule has 90 valence electrons. The molecule has 1 aromatic rings. The molecule has 0 radical (unpaired) electrons. The molecule has 0 bridgehead atoms. The summed E-state index contributed by atoms with van der Waals surface area (Å²) in [4.78, 5) is 0. The fourth-order valence-corrected chi connectivity index (χ4v) is 2.27. The van der Waals surface area contributed by atoms with Crippen LogP contribution < -0.4 is 10.6 Å². The van der Waals surface area contributed by atoms with Crippen LogP contribution in [0.15, 0.2) is 16.5 Å². The van der Waals surface area contributed by atoms with Crippen molar-refractivity contribution in [1.82, 2.24) is 10.6 Å². The molecule has 0 saturated carbocycles. The maximum absolute atomic E-state index is 5.53. The molecule has 0 aliphatic carbocycles. The Labute approximate surface area is 97.6 Å². The van der Waals surface area contributed by atoms with E-state index >= 15 is 0 Å². The van der Waals surface area contributed by atoms with Crippen molar-refractivity contribution >= 4 is 0 Å². The van der Waals surface area contributed by atoms with Gasteiger partial charge in [-0.25, -0.2) is 0 Å². The fraction of sp³-hybridized carbons (Fsp3) is 0.692. The summed E-state index contributed by atoms with van der Waals surface area (Å²) in [6.07, 6.45) is 2.52. The minimum Gasteiger partial charge on any atom is -0.465 e. The zero-order valence-electron chi connectivity index (χ0n) is 10.3. The molecule has 1 aliphatic heterocycles. The van der Waals surface area contributed by atoms with Gasteiger partial charge in [-0.3, -0.25) is 0 Å². The van der Waals surface area contributed by atoms with E-state index < -0.39 is 0 Å². The van der Waals surface area contributed by atoms with Crippen molar-refractivity contribution in [3.8, 4) is 0 Å².